The molecule has 190 valence electrons. The Balaban J connectivity index is 1.50. The number of nitrogens with zero attached hydrogens (tertiary/aromatic N) is 6. The van der Waals surface area contributed by atoms with E-state index in [1.807, 2.05) is 17.0 Å². The smallest absolute Gasteiger partial charge is 0.383 e. The monoisotopic (exact) mass is 510 g/mol. The van der Waals surface area contributed by atoms with Crippen molar-refractivity contribution in [3.63, 3.8) is 0 Å². The van der Waals surface area contributed by atoms with Gasteiger partial charge in [0.25, 0.3) is 0 Å². The van der Waals surface area contributed by atoms with Crippen molar-refractivity contribution in [1.29, 1.82) is 0 Å². The van der Waals surface area contributed by atoms with Crippen molar-refractivity contribution in [2.45, 2.75) is 26.9 Å². The standard InChI is InChI=1S/C23H30ClF3N8/c1-4-33(5-2)7-6-28-17-12-16(24)13-18(15(17)3)34-8-10-35(11-9-34)22-19-20(23(25,26)27)31-32-21(19)29-14-30-22/h12-14,28H,4-11H2,1-3H3,(H,29,30,31,32). The summed E-state index contributed by atoms with van der Waals surface area (Å²) in [6, 6.07) is 3.89. The van der Waals surface area contributed by atoms with Crippen molar-refractivity contribution in [1.82, 2.24) is 25.1 Å². The first-order valence-corrected chi connectivity index (χ1v) is 12.1. The summed E-state index contributed by atoms with van der Waals surface area (Å²) in [4.78, 5) is 14.5. The Morgan fingerprint density at radius 1 is 1.09 bits per heavy atom. The normalized spacial score (nSPS) is 14.9. The highest BCUT2D eigenvalue weighted by Gasteiger charge is 2.37. The number of rotatable bonds is 8. The highest BCUT2D eigenvalue weighted by molar-refractivity contribution is 6.31. The molecule has 1 fully saturated rings. The van der Waals surface area contributed by atoms with Crippen molar-refractivity contribution >= 4 is 39.8 Å². The van der Waals surface area contributed by atoms with E-state index in [4.69, 9.17) is 11.6 Å². The number of halogens is 4. The van der Waals surface area contributed by atoms with Crippen LogP contribution in [0.15, 0.2) is 18.5 Å². The molecule has 1 saturated heterocycles. The SMILES string of the molecule is CCN(CC)CCNc1cc(Cl)cc(N2CCN(c3ncnc4n[nH]c(C(F)(F)F)c34)CC2)c1C. The number of hydrogen-bond donors (Lipinski definition) is 2. The molecule has 1 aliphatic rings. The fourth-order valence-electron chi connectivity index (χ4n) is 4.51. The molecule has 3 heterocycles. The van der Waals surface area contributed by atoms with E-state index in [0.717, 1.165) is 43.1 Å². The predicted molar refractivity (Wildman–Crippen MR) is 134 cm³/mol. The van der Waals surface area contributed by atoms with Crippen molar-refractivity contribution < 1.29 is 13.2 Å². The average molecular weight is 511 g/mol. The summed E-state index contributed by atoms with van der Waals surface area (Å²) in [5.74, 6) is 0.247. The van der Waals surface area contributed by atoms with Crippen LogP contribution in [-0.2, 0) is 6.18 Å². The van der Waals surface area contributed by atoms with Gasteiger partial charge >= 0.3 is 6.18 Å². The van der Waals surface area contributed by atoms with Crippen LogP contribution < -0.4 is 15.1 Å². The van der Waals surface area contributed by atoms with Gasteiger partial charge in [0.15, 0.2) is 11.3 Å². The van der Waals surface area contributed by atoms with Gasteiger partial charge in [-0.2, -0.15) is 18.3 Å². The molecule has 2 aromatic heterocycles. The number of likely N-dealkylation sites (N-methyl/N-ethyl adjacent to an activating group) is 1. The van der Waals surface area contributed by atoms with E-state index < -0.39 is 11.9 Å². The number of alkyl halides is 3. The molecule has 1 aromatic carbocycles. The van der Waals surface area contributed by atoms with Crippen LogP contribution in [-0.4, -0.2) is 77.4 Å². The zero-order valence-corrected chi connectivity index (χ0v) is 20.8. The van der Waals surface area contributed by atoms with Gasteiger partial charge < -0.3 is 20.0 Å². The van der Waals surface area contributed by atoms with E-state index in [1.165, 1.54) is 6.33 Å². The van der Waals surface area contributed by atoms with Gasteiger partial charge in [-0.3, -0.25) is 5.10 Å². The third-order valence-electron chi connectivity index (χ3n) is 6.52. The van der Waals surface area contributed by atoms with Gasteiger partial charge in [-0.05, 0) is 37.7 Å². The summed E-state index contributed by atoms with van der Waals surface area (Å²) in [5, 5.41) is 9.86. The number of piperazine rings is 1. The molecular formula is C23H30ClF3N8. The van der Waals surface area contributed by atoms with Crippen molar-refractivity contribution in [3.05, 3.63) is 34.7 Å². The lowest BCUT2D eigenvalue weighted by Gasteiger charge is -2.38. The van der Waals surface area contributed by atoms with Gasteiger partial charge in [-0.1, -0.05) is 25.4 Å². The molecule has 0 unspecified atom stereocenters. The van der Waals surface area contributed by atoms with Crippen molar-refractivity contribution in [3.8, 4) is 0 Å². The lowest BCUT2D eigenvalue weighted by molar-refractivity contribution is -0.139. The van der Waals surface area contributed by atoms with E-state index in [1.54, 1.807) is 0 Å². The lowest BCUT2D eigenvalue weighted by atomic mass is 10.1. The minimum atomic E-state index is -4.57. The number of benzene rings is 1. The fraction of sp³-hybridized carbons (Fsp3) is 0.522. The number of aromatic amines is 1. The molecule has 0 radical (unpaired) electrons. The zero-order valence-electron chi connectivity index (χ0n) is 20.1. The van der Waals surface area contributed by atoms with E-state index in [2.05, 4.69) is 56.1 Å². The summed E-state index contributed by atoms with van der Waals surface area (Å²) in [7, 11) is 0. The number of H-pyrrole nitrogens is 1. The van der Waals surface area contributed by atoms with Gasteiger partial charge in [0, 0.05) is 55.7 Å². The van der Waals surface area contributed by atoms with Crippen LogP contribution in [0.3, 0.4) is 0 Å². The van der Waals surface area contributed by atoms with E-state index in [9.17, 15) is 13.2 Å². The predicted octanol–water partition coefficient (Wildman–Crippen LogP) is 4.41. The Morgan fingerprint density at radius 3 is 2.43 bits per heavy atom. The van der Waals surface area contributed by atoms with E-state index in [-0.39, 0.29) is 16.9 Å². The first kappa shape index (κ1) is 25.3. The van der Waals surface area contributed by atoms with Crippen molar-refractivity contribution in [2.24, 2.45) is 0 Å². The first-order valence-electron chi connectivity index (χ1n) is 11.8. The molecule has 0 spiro atoms. The lowest BCUT2D eigenvalue weighted by Crippen LogP contribution is -2.47. The number of fused-ring (bicyclic) bond motifs is 1. The second-order valence-corrected chi connectivity index (χ2v) is 8.95. The molecule has 12 heteroatoms. The van der Waals surface area contributed by atoms with Gasteiger partial charge in [0.1, 0.15) is 12.1 Å². The quantitative estimate of drug-likeness (QED) is 0.465. The molecule has 0 amide bonds. The van der Waals surface area contributed by atoms with Gasteiger partial charge in [0.05, 0.1) is 5.39 Å². The second-order valence-electron chi connectivity index (χ2n) is 8.52. The van der Waals surface area contributed by atoms with Crippen LogP contribution in [0.2, 0.25) is 5.02 Å². The molecular weight excluding hydrogens is 481 g/mol. The zero-order chi connectivity index (χ0) is 25.2. The molecule has 4 rings (SSSR count). The van der Waals surface area contributed by atoms with Crippen LogP contribution >= 0.6 is 11.6 Å². The Hall–Kier alpha value is -2.79. The number of nitrogens with one attached hydrogen (secondary N) is 2. The maximum Gasteiger partial charge on any atom is 0.433 e. The Kier molecular flexibility index (Phi) is 7.56. The van der Waals surface area contributed by atoms with Crippen LogP contribution in [0.5, 0.6) is 0 Å². The highest BCUT2D eigenvalue weighted by Crippen LogP contribution is 2.37. The van der Waals surface area contributed by atoms with Gasteiger partial charge in [-0.25, -0.2) is 9.97 Å². The molecule has 0 bridgehead atoms. The Bertz CT molecular complexity index is 1150. The summed E-state index contributed by atoms with van der Waals surface area (Å²) in [5.41, 5.74) is 2.20. The molecule has 1 aliphatic heterocycles. The van der Waals surface area contributed by atoms with Crippen LogP contribution in [0.4, 0.5) is 30.4 Å². The van der Waals surface area contributed by atoms with Crippen LogP contribution in [0.1, 0.15) is 25.1 Å². The largest absolute Gasteiger partial charge is 0.433 e. The minimum Gasteiger partial charge on any atom is -0.383 e. The maximum atomic E-state index is 13.5. The summed E-state index contributed by atoms with van der Waals surface area (Å²) >= 11 is 6.45. The molecule has 8 nitrogen and oxygen atoms in total. The molecule has 3 aromatic rings. The highest BCUT2D eigenvalue weighted by atomic mass is 35.5. The Morgan fingerprint density at radius 2 is 1.77 bits per heavy atom. The molecule has 35 heavy (non-hydrogen) atoms. The number of anilines is 3. The number of aromatic nitrogens is 4. The summed E-state index contributed by atoms with van der Waals surface area (Å²) in [6.07, 6.45) is -3.31. The van der Waals surface area contributed by atoms with E-state index in [0.29, 0.717) is 31.2 Å². The average Bonchev–Trinajstić information content (AvgIpc) is 3.29. The first-order chi connectivity index (χ1) is 16.7. The fourth-order valence-corrected chi connectivity index (χ4v) is 4.72. The maximum absolute atomic E-state index is 13.5. The Labute approximate surface area is 207 Å². The third-order valence-corrected chi connectivity index (χ3v) is 6.74. The molecule has 0 saturated carbocycles. The molecule has 0 atom stereocenters. The number of hydrogen-bond acceptors (Lipinski definition) is 7. The van der Waals surface area contributed by atoms with E-state index >= 15 is 0 Å². The topological polar surface area (TPSA) is 76.2 Å². The summed E-state index contributed by atoms with van der Waals surface area (Å²) < 4.78 is 40.5. The van der Waals surface area contributed by atoms with Gasteiger partial charge in [0.2, 0.25) is 0 Å². The third kappa shape index (κ3) is 5.40. The second kappa shape index (κ2) is 10.4. The molecule has 0 aliphatic carbocycles. The summed E-state index contributed by atoms with van der Waals surface area (Å²) in [6.45, 7) is 12.4. The van der Waals surface area contributed by atoms with Crippen molar-refractivity contribution in [2.75, 3.05) is 67.5 Å². The minimum absolute atomic E-state index is 0.0101. The molecule has 2 N–H and O–H groups in total. The van der Waals surface area contributed by atoms with Crippen LogP contribution in [0, 0.1) is 6.92 Å². The van der Waals surface area contributed by atoms with Crippen LogP contribution in [0.25, 0.3) is 11.0 Å². The van der Waals surface area contributed by atoms with Gasteiger partial charge in [-0.15, -0.1) is 0 Å².